The van der Waals surface area contributed by atoms with Crippen molar-refractivity contribution >= 4 is 0 Å². The monoisotopic (exact) mass is 213 g/mol. The van der Waals surface area contributed by atoms with Gasteiger partial charge in [-0.05, 0) is 19.8 Å². The van der Waals surface area contributed by atoms with Gasteiger partial charge in [0.15, 0.2) is 0 Å². The third-order valence-electron chi connectivity index (χ3n) is 3.62. The maximum Gasteiger partial charge on any atom is 0.102 e. The first-order chi connectivity index (χ1) is 7.18. The molecule has 1 N–H and O–H groups in total. The normalized spacial score (nSPS) is 35.6. The molecule has 3 heteroatoms. The first kappa shape index (κ1) is 11.4. The molecular weight excluding hydrogens is 190 g/mol. The van der Waals surface area contributed by atoms with Crippen LogP contribution < -0.4 is 5.32 Å². The topological polar surface area (TPSA) is 30.5 Å². The molecule has 0 aromatic rings. The third kappa shape index (κ3) is 2.52. The van der Waals surface area contributed by atoms with Gasteiger partial charge in [0.2, 0.25) is 0 Å². The van der Waals surface area contributed by atoms with E-state index in [4.69, 9.17) is 9.47 Å². The number of methoxy groups -OCH3 is 1. The van der Waals surface area contributed by atoms with Crippen molar-refractivity contribution in [2.75, 3.05) is 26.8 Å². The quantitative estimate of drug-likeness (QED) is 0.757. The Bertz CT molecular complexity index is 204. The summed E-state index contributed by atoms with van der Waals surface area (Å²) >= 11 is 0. The van der Waals surface area contributed by atoms with Crippen LogP contribution in [0.2, 0.25) is 0 Å². The molecule has 0 bridgehead atoms. The van der Waals surface area contributed by atoms with E-state index in [-0.39, 0.29) is 11.2 Å². The van der Waals surface area contributed by atoms with E-state index >= 15 is 0 Å². The molecule has 88 valence electrons. The zero-order valence-electron chi connectivity index (χ0n) is 9.97. The van der Waals surface area contributed by atoms with Gasteiger partial charge in [0.1, 0.15) is 5.60 Å². The van der Waals surface area contributed by atoms with Crippen molar-refractivity contribution in [1.82, 2.24) is 5.32 Å². The largest absolute Gasteiger partial charge is 0.382 e. The van der Waals surface area contributed by atoms with Crippen LogP contribution in [0.3, 0.4) is 0 Å². The third-order valence-corrected chi connectivity index (χ3v) is 3.62. The van der Waals surface area contributed by atoms with Crippen LogP contribution in [0.5, 0.6) is 0 Å². The lowest BCUT2D eigenvalue weighted by atomic mass is 9.82. The lowest BCUT2D eigenvalue weighted by Gasteiger charge is -2.48. The van der Waals surface area contributed by atoms with Crippen LogP contribution >= 0.6 is 0 Å². The van der Waals surface area contributed by atoms with E-state index < -0.39 is 0 Å². The lowest BCUT2D eigenvalue weighted by Crippen LogP contribution is -2.61. The maximum absolute atomic E-state index is 6.36. The first-order valence-electron chi connectivity index (χ1n) is 6.08. The number of ether oxygens (including phenoxy) is 2. The van der Waals surface area contributed by atoms with E-state index in [0.717, 1.165) is 13.1 Å². The second-order valence-corrected chi connectivity index (χ2v) is 5.33. The van der Waals surface area contributed by atoms with Crippen LogP contribution in [0.15, 0.2) is 0 Å². The van der Waals surface area contributed by atoms with Crippen molar-refractivity contribution in [2.45, 2.75) is 50.2 Å². The summed E-state index contributed by atoms with van der Waals surface area (Å²) in [6.07, 6.45) is 6.40. The van der Waals surface area contributed by atoms with Crippen LogP contribution in [0.4, 0.5) is 0 Å². The molecule has 1 unspecified atom stereocenters. The van der Waals surface area contributed by atoms with E-state index in [1.54, 1.807) is 7.11 Å². The number of hydrogen-bond acceptors (Lipinski definition) is 3. The summed E-state index contributed by atoms with van der Waals surface area (Å²) in [6.45, 7) is 4.76. The summed E-state index contributed by atoms with van der Waals surface area (Å²) in [5.41, 5.74) is -0.0336. The molecule has 0 aromatic carbocycles. The van der Waals surface area contributed by atoms with Gasteiger partial charge >= 0.3 is 0 Å². The van der Waals surface area contributed by atoms with E-state index in [0.29, 0.717) is 6.61 Å². The predicted molar refractivity (Wildman–Crippen MR) is 60.1 cm³/mol. The lowest BCUT2D eigenvalue weighted by molar-refractivity contribution is -0.200. The highest BCUT2D eigenvalue weighted by atomic mass is 16.6. The SMILES string of the molecule is COCC1(C)CNCC2(CCCCC2)O1. The molecule has 2 fully saturated rings. The van der Waals surface area contributed by atoms with Gasteiger partial charge in [0, 0.05) is 20.2 Å². The van der Waals surface area contributed by atoms with Gasteiger partial charge in [-0.25, -0.2) is 0 Å². The van der Waals surface area contributed by atoms with Crippen LogP contribution in [0.25, 0.3) is 0 Å². The van der Waals surface area contributed by atoms with Gasteiger partial charge in [0.05, 0.1) is 12.2 Å². The van der Waals surface area contributed by atoms with Gasteiger partial charge in [-0.1, -0.05) is 19.3 Å². The molecule has 1 saturated heterocycles. The van der Waals surface area contributed by atoms with Crippen LogP contribution in [-0.4, -0.2) is 38.0 Å². The van der Waals surface area contributed by atoms with Crippen molar-refractivity contribution < 1.29 is 9.47 Å². The summed E-state index contributed by atoms with van der Waals surface area (Å²) in [5, 5.41) is 3.52. The highest BCUT2D eigenvalue weighted by Gasteiger charge is 2.43. The Morgan fingerprint density at radius 2 is 1.93 bits per heavy atom. The van der Waals surface area contributed by atoms with Crippen molar-refractivity contribution in [3.8, 4) is 0 Å². The average Bonchev–Trinajstić information content (AvgIpc) is 2.18. The maximum atomic E-state index is 6.36. The Hall–Kier alpha value is -0.120. The molecule has 1 atom stereocenters. The molecule has 0 amide bonds. The summed E-state index contributed by atoms with van der Waals surface area (Å²) in [5.74, 6) is 0. The number of rotatable bonds is 2. The highest BCUT2D eigenvalue weighted by molar-refractivity contribution is 4.96. The molecule has 1 aliphatic carbocycles. The Morgan fingerprint density at radius 3 is 2.60 bits per heavy atom. The van der Waals surface area contributed by atoms with E-state index in [1.807, 2.05) is 0 Å². The zero-order valence-corrected chi connectivity index (χ0v) is 9.97. The minimum atomic E-state index is -0.135. The molecule has 1 aliphatic heterocycles. The van der Waals surface area contributed by atoms with Gasteiger partial charge in [-0.15, -0.1) is 0 Å². The zero-order chi connectivity index (χ0) is 10.8. The van der Waals surface area contributed by atoms with E-state index in [9.17, 15) is 0 Å². The fourth-order valence-electron chi connectivity index (χ4n) is 3.01. The van der Waals surface area contributed by atoms with Gasteiger partial charge in [-0.3, -0.25) is 0 Å². The minimum Gasteiger partial charge on any atom is -0.382 e. The molecule has 1 heterocycles. The highest BCUT2D eigenvalue weighted by Crippen LogP contribution is 2.36. The van der Waals surface area contributed by atoms with E-state index in [1.165, 1.54) is 32.1 Å². The van der Waals surface area contributed by atoms with Gasteiger partial charge < -0.3 is 14.8 Å². The summed E-state index contributed by atoms with van der Waals surface area (Å²) in [4.78, 5) is 0. The second-order valence-electron chi connectivity index (χ2n) is 5.33. The summed E-state index contributed by atoms with van der Waals surface area (Å²) in [6, 6.07) is 0. The predicted octanol–water partition coefficient (Wildman–Crippen LogP) is 1.71. The molecule has 15 heavy (non-hydrogen) atoms. The summed E-state index contributed by atoms with van der Waals surface area (Å²) < 4.78 is 11.6. The Kier molecular flexibility index (Phi) is 3.33. The molecule has 0 radical (unpaired) electrons. The van der Waals surface area contributed by atoms with E-state index in [2.05, 4.69) is 12.2 Å². The van der Waals surface area contributed by atoms with Crippen LogP contribution in [-0.2, 0) is 9.47 Å². The number of morpholine rings is 1. The molecular formula is C12H23NO2. The van der Waals surface area contributed by atoms with Crippen molar-refractivity contribution in [3.05, 3.63) is 0 Å². The van der Waals surface area contributed by atoms with Crippen molar-refractivity contribution in [1.29, 1.82) is 0 Å². The molecule has 1 spiro atoms. The smallest absolute Gasteiger partial charge is 0.102 e. The fourth-order valence-corrected chi connectivity index (χ4v) is 3.01. The molecule has 1 saturated carbocycles. The standard InChI is InChI=1S/C12H23NO2/c1-11(10-14-2)8-13-9-12(15-11)6-4-3-5-7-12/h13H,3-10H2,1-2H3. The van der Waals surface area contributed by atoms with Gasteiger partial charge in [-0.2, -0.15) is 0 Å². The van der Waals surface area contributed by atoms with Crippen molar-refractivity contribution in [3.63, 3.8) is 0 Å². The molecule has 3 nitrogen and oxygen atoms in total. The Labute approximate surface area is 92.5 Å². The Morgan fingerprint density at radius 1 is 1.20 bits per heavy atom. The molecule has 2 aliphatic rings. The first-order valence-corrected chi connectivity index (χ1v) is 6.08. The minimum absolute atomic E-state index is 0.101. The average molecular weight is 213 g/mol. The number of nitrogens with one attached hydrogen (secondary N) is 1. The molecule has 0 aromatic heterocycles. The van der Waals surface area contributed by atoms with Crippen LogP contribution in [0, 0.1) is 0 Å². The van der Waals surface area contributed by atoms with Crippen LogP contribution in [0.1, 0.15) is 39.0 Å². The summed E-state index contributed by atoms with van der Waals surface area (Å²) in [7, 11) is 1.75. The Balaban J connectivity index is 2.01. The fraction of sp³-hybridized carbons (Fsp3) is 1.00. The van der Waals surface area contributed by atoms with Gasteiger partial charge in [0.25, 0.3) is 0 Å². The second kappa shape index (κ2) is 4.40. The molecule has 2 rings (SSSR count). The van der Waals surface area contributed by atoms with Crippen molar-refractivity contribution in [2.24, 2.45) is 0 Å². The number of hydrogen-bond donors (Lipinski definition) is 1.